The molecule has 0 atom stereocenters. The molecule has 1 heterocycles. The maximum atomic E-state index is 12.1. The first-order valence-corrected chi connectivity index (χ1v) is 8.92. The molecule has 0 saturated carbocycles. The number of fused-ring (bicyclic) bond motifs is 1. The minimum Gasteiger partial charge on any atom is -0.489 e. The summed E-state index contributed by atoms with van der Waals surface area (Å²) in [5.41, 5.74) is 2.67. The van der Waals surface area contributed by atoms with E-state index < -0.39 is 0 Å². The Morgan fingerprint density at radius 1 is 0.964 bits per heavy atom. The van der Waals surface area contributed by atoms with Crippen molar-refractivity contribution < 1.29 is 19.0 Å². The van der Waals surface area contributed by atoms with Crippen LogP contribution in [0.1, 0.15) is 11.1 Å². The highest BCUT2D eigenvalue weighted by Crippen LogP contribution is 2.32. The lowest BCUT2D eigenvalue weighted by Gasteiger charge is -2.07. The standard InChI is InChI=1S/C23H19NO4/c25-23(13-7-17-6-12-21-22(14-17)28-16-27-21)24-19-8-10-20(11-9-19)26-15-18-4-2-1-3-5-18/h1-14H,15-16H2,(H,24,25)/b13-7+. The number of anilines is 1. The topological polar surface area (TPSA) is 56.8 Å². The second-order valence-corrected chi connectivity index (χ2v) is 6.23. The Kier molecular flexibility index (Phi) is 5.24. The predicted molar refractivity (Wildman–Crippen MR) is 107 cm³/mol. The first kappa shape index (κ1) is 17.7. The molecule has 0 radical (unpaired) electrons. The van der Waals surface area contributed by atoms with Crippen LogP contribution in [0.25, 0.3) is 6.08 Å². The van der Waals surface area contributed by atoms with Gasteiger partial charge < -0.3 is 19.5 Å². The molecule has 1 aliphatic rings. The molecule has 5 nitrogen and oxygen atoms in total. The van der Waals surface area contributed by atoms with Crippen molar-refractivity contribution in [2.45, 2.75) is 6.61 Å². The van der Waals surface area contributed by atoms with Gasteiger partial charge in [-0.2, -0.15) is 0 Å². The van der Waals surface area contributed by atoms with Gasteiger partial charge in [-0.1, -0.05) is 36.4 Å². The Morgan fingerprint density at radius 3 is 2.57 bits per heavy atom. The van der Waals surface area contributed by atoms with Crippen LogP contribution >= 0.6 is 0 Å². The lowest BCUT2D eigenvalue weighted by molar-refractivity contribution is -0.111. The smallest absolute Gasteiger partial charge is 0.248 e. The molecule has 3 aromatic carbocycles. The summed E-state index contributed by atoms with van der Waals surface area (Å²) in [4.78, 5) is 12.1. The second kappa shape index (κ2) is 8.31. The molecule has 5 heteroatoms. The molecule has 4 rings (SSSR count). The van der Waals surface area contributed by atoms with E-state index in [1.54, 1.807) is 6.08 Å². The monoisotopic (exact) mass is 373 g/mol. The van der Waals surface area contributed by atoms with E-state index >= 15 is 0 Å². The van der Waals surface area contributed by atoms with Crippen LogP contribution in [-0.4, -0.2) is 12.7 Å². The van der Waals surface area contributed by atoms with E-state index in [9.17, 15) is 4.79 Å². The number of amides is 1. The summed E-state index contributed by atoms with van der Waals surface area (Å²) in [5.74, 6) is 1.94. The van der Waals surface area contributed by atoms with Crippen molar-refractivity contribution in [2.75, 3.05) is 12.1 Å². The number of benzene rings is 3. The molecule has 3 aromatic rings. The van der Waals surface area contributed by atoms with Crippen LogP contribution in [0.15, 0.2) is 78.9 Å². The van der Waals surface area contributed by atoms with Gasteiger partial charge in [-0.15, -0.1) is 0 Å². The molecular weight excluding hydrogens is 354 g/mol. The lowest BCUT2D eigenvalue weighted by atomic mass is 10.2. The SMILES string of the molecule is O=C(/C=C/c1ccc2c(c1)OCO2)Nc1ccc(OCc2ccccc2)cc1. The fourth-order valence-electron chi connectivity index (χ4n) is 2.75. The number of nitrogens with one attached hydrogen (secondary N) is 1. The Balaban J connectivity index is 1.30. The van der Waals surface area contributed by atoms with Crippen molar-refractivity contribution in [2.24, 2.45) is 0 Å². The zero-order chi connectivity index (χ0) is 19.2. The Bertz CT molecular complexity index is 981. The van der Waals surface area contributed by atoms with Crippen molar-refractivity contribution in [3.05, 3.63) is 90.0 Å². The third kappa shape index (κ3) is 4.51. The molecule has 0 fully saturated rings. The number of carbonyl (C=O) groups is 1. The van der Waals surface area contributed by atoms with Gasteiger partial charge in [0.05, 0.1) is 0 Å². The van der Waals surface area contributed by atoms with Crippen LogP contribution in [0.4, 0.5) is 5.69 Å². The van der Waals surface area contributed by atoms with Crippen LogP contribution in [0, 0.1) is 0 Å². The summed E-state index contributed by atoms with van der Waals surface area (Å²) in [7, 11) is 0. The lowest BCUT2D eigenvalue weighted by Crippen LogP contribution is -2.07. The van der Waals surface area contributed by atoms with Gasteiger partial charge in [-0.3, -0.25) is 4.79 Å². The molecule has 0 aliphatic carbocycles. The summed E-state index contributed by atoms with van der Waals surface area (Å²) in [6.45, 7) is 0.735. The van der Waals surface area contributed by atoms with E-state index in [1.807, 2.05) is 72.8 Å². The number of carbonyl (C=O) groups excluding carboxylic acids is 1. The maximum absolute atomic E-state index is 12.1. The van der Waals surface area contributed by atoms with E-state index in [0.29, 0.717) is 18.0 Å². The highest BCUT2D eigenvalue weighted by atomic mass is 16.7. The fourth-order valence-corrected chi connectivity index (χ4v) is 2.75. The quantitative estimate of drug-likeness (QED) is 0.639. The van der Waals surface area contributed by atoms with Crippen molar-refractivity contribution in [1.29, 1.82) is 0 Å². The third-order valence-electron chi connectivity index (χ3n) is 4.19. The summed E-state index contributed by atoms with van der Waals surface area (Å²) < 4.78 is 16.4. The average molecular weight is 373 g/mol. The van der Waals surface area contributed by atoms with Crippen LogP contribution in [0.2, 0.25) is 0 Å². The van der Waals surface area contributed by atoms with Gasteiger partial charge in [0.15, 0.2) is 11.5 Å². The van der Waals surface area contributed by atoms with Crippen molar-refractivity contribution in [3.8, 4) is 17.2 Å². The number of rotatable bonds is 6. The van der Waals surface area contributed by atoms with Crippen LogP contribution in [0.3, 0.4) is 0 Å². The van der Waals surface area contributed by atoms with Crippen molar-refractivity contribution >= 4 is 17.7 Å². The maximum Gasteiger partial charge on any atom is 0.248 e. The van der Waals surface area contributed by atoms with Gasteiger partial charge in [0.2, 0.25) is 12.7 Å². The molecule has 0 aromatic heterocycles. The van der Waals surface area contributed by atoms with E-state index in [1.165, 1.54) is 6.08 Å². The fraction of sp³-hybridized carbons (Fsp3) is 0.0870. The van der Waals surface area contributed by atoms with Crippen LogP contribution < -0.4 is 19.5 Å². The minimum atomic E-state index is -0.212. The van der Waals surface area contributed by atoms with Gasteiger partial charge >= 0.3 is 0 Å². The van der Waals surface area contributed by atoms with Gasteiger partial charge in [0, 0.05) is 11.8 Å². The summed E-state index contributed by atoms with van der Waals surface area (Å²) in [5, 5.41) is 2.83. The summed E-state index contributed by atoms with van der Waals surface area (Å²) in [6.07, 6.45) is 3.21. The number of hydrogen-bond acceptors (Lipinski definition) is 4. The molecular formula is C23H19NO4. The Hall–Kier alpha value is -3.73. The largest absolute Gasteiger partial charge is 0.489 e. The zero-order valence-corrected chi connectivity index (χ0v) is 15.1. The van der Waals surface area contributed by atoms with Gasteiger partial charge in [-0.05, 0) is 53.6 Å². The van der Waals surface area contributed by atoms with Crippen molar-refractivity contribution in [3.63, 3.8) is 0 Å². The average Bonchev–Trinajstić information content (AvgIpc) is 3.20. The van der Waals surface area contributed by atoms with Crippen LogP contribution in [0.5, 0.6) is 17.2 Å². The molecule has 0 bridgehead atoms. The Morgan fingerprint density at radius 2 is 1.75 bits per heavy atom. The normalized spacial score (nSPS) is 12.1. The summed E-state index contributed by atoms with van der Waals surface area (Å²) in [6, 6.07) is 22.8. The first-order chi connectivity index (χ1) is 13.8. The molecule has 140 valence electrons. The van der Waals surface area contributed by atoms with E-state index in [4.69, 9.17) is 14.2 Å². The highest BCUT2D eigenvalue weighted by Gasteiger charge is 2.12. The van der Waals surface area contributed by atoms with Crippen molar-refractivity contribution in [1.82, 2.24) is 0 Å². The second-order valence-electron chi connectivity index (χ2n) is 6.23. The highest BCUT2D eigenvalue weighted by molar-refractivity contribution is 6.02. The summed E-state index contributed by atoms with van der Waals surface area (Å²) >= 11 is 0. The third-order valence-corrected chi connectivity index (χ3v) is 4.19. The Labute approximate surface area is 163 Å². The predicted octanol–water partition coefficient (Wildman–Crippen LogP) is 4.65. The van der Waals surface area contributed by atoms with E-state index in [2.05, 4.69) is 5.32 Å². The number of ether oxygens (including phenoxy) is 3. The molecule has 0 spiro atoms. The molecule has 1 N–H and O–H groups in total. The van der Waals surface area contributed by atoms with Crippen LogP contribution in [-0.2, 0) is 11.4 Å². The zero-order valence-electron chi connectivity index (χ0n) is 15.1. The van der Waals surface area contributed by atoms with E-state index in [0.717, 1.165) is 22.6 Å². The number of hydrogen-bond donors (Lipinski definition) is 1. The van der Waals surface area contributed by atoms with Gasteiger partial charge in [0.1, 0.15) is 12.4 Å². The molecule has 1 aliphatic heterocycles. The van der Waals surface area contributed by atoms with E-state index in [-0.39, 0.29) is 12.7 Å². The van der Waals surface area contributed by atoms with Gasteiger partial charge in [-0.25, -0.2) is 0 Å². The van der Waals surface area contributed by atoms with Gasteiger partial charge in [0.25, 0.3) is 0 Å². The molecule has 0 saturated heterocycles. The molecule has 28 heavy (non-hydrogen) atoms. The minimum absolute atomic E-state index is 0.212. The molecule has 0 unspecified atom stereocenters. The first-order valence-electron chi connectivity index (χ1n) is 8.92. The molecule has 1 amide bonds.